The van der Waals surface area contributed by atoms with Crippen molar-refractivity contribution < 1.29 is 19.1 Å². The molecular weight excluding hydrogens is 234 g/mol. The summed E-state index contributed by atoms with van der Waals surface area (Å²) in [6.07, 6.45) is 2.07. The van der Waals surface area contributed by atoms with Crippen molar-refractivity contribution in [1.29, 1.82) is 0 Å². The second-order valence-electron chi connectivity index (χ2n) is 5.85. The van der Waals surface area contributed by atoms with Crippen molar-refractivity contribution in [3.05, 3.63) is 0 Å². The number of likely N-dealkylation sites (N-methyl/N-ethyl adjacent to an activating group) is 1. The summed E-state index contributed by atoms with van der Waals surface area (Å²) in [6, 6.07) is 0. The zero-order valence-electron chi connectivity index (χ0n) is 11.7. The van der Waals surface area contributed by atoms with Gasteiger partial charge in [0.1, 0.15) is 6.61 Å². The molecular formula is C13H23NO4. The predicted octanol–water partition coefficient (Wildman–Crippen LogP) is 1.21. The van der Waals surface area contributed by atoms with Gasteiger partial charge in [0.2, 0.25) is 0 Å². The summed E-state index contributed by atoms with van der Waals surface area (Å²) in [7, 11) is 2.02. The number of nitrogens with zero attached hydrogens (tertiary/aromatic N) is 1. The van der Waals surface area contributed by atoms with Crippen LogP contribution >= 0.6 is 0 Å². The van der Waals surface area contributed by atoms with Gasteiger partial charge >= 0.3 is 11.9 Å². The molecule has 1 atom stereocenters. The van der Waals surface area contributed by atoms with Crippen molar-refractivity contribution in [1.82, 2.24) is 4.90 Å². The summed E-state index contributed by atoms with van der Waals surface area (Å²) in [6.45, 7) is 6.85. The van der Waals surface area contributed by atoms with Crippen LogP contribution in [0.15, 0.2) is 0 Å². The lowest BCUT2D eigenvalue weighted by atomic mass is 9.97. The van der Waals surface area contributed by atoms with E-state index < -0.39 is 17.4 Å². The number of carbonyl (C=O) groups excluding carboxylic acids is 2. The van der Waals surface area contributed by atoms with Crippen molar-refractivity contribution in [2.24, 2.45) is 5.41 Å². The summed E-state index contributed by atoms with van der Waals surface area (Å²) in [5, 5.41) is 0. The van der Waals surface area contributed by atoms with Crippen molar-refractivity contribution in [3.63, 3.8) is 0 Å². The van der Waals surface area contributed by atoms with E-state index >= 15 is 0 Å². The van der Waals surface area contributed by atoms with Crippen LogP contribution in [0.4, 0.5) is 0 Å². The molecule has 0 spiro atoms. The molecule has 0 N–H and O–H groups in total. The molecule has 1 rings (SSSR count). The minimum Gasteiger partial charge on any atom is -0.391 e. The number of hydrogen-bond acceptors (Lipinski definition) is 5. The van der Waals surface area contributed by atoms with Gasteiger partial charge in [-0.1, -0.05) is 0 Å². The number of ether oxygens (including phenoxy) is 2. The van der Waals surface area contributed by atoms with Gasteiger partial charge in [-0.3, -0.25) is 4.79 Å². The normalized spacial score (nSPS) is 21.7. The van der Waals surface area contributed by atoms with Gasteiger partial charge in [-0.25, -0.2) is 4.79 Å². The first kappa shape index (κ1) is 15.1. The largest absolute Gasteiger partial charge is 0.391 e. The first-order valence-corrected chi connectivity index (χ1v) is 6.34. The molecule has 0 amide bonds. The topological polar surface area (TPSA) is 55.8 Å². The summed E-state index contributed by atoms with van der Waals surface area (Å²) in [5.74, 6) is -1.12. The number of likely N-dealkylation sites (tertiary alicyclic amines) is 1. The molecule has 0 bridgehead atoms. The number of piperidine rings is 1. The zero-order valence-corrected chi connectivity index (χ0v) is 11.7. The van der Waals surface area contributed by atoms with Crippen LogP contribution in [0.5, 0.6) is 0 Å². The van der Waals surface area contributed by atoms with E-state index in [1.54, 1.807) is 20.8 Å². The van der Waals surface area contributed by atoms with Gasteiger partial charge in [-0.2, -0.15) is 0 Å². The van der Waals surface area contributed by atoms with Crippen LogP contribution in [-0.2, 0) is 19.1 Å². The third kappa shape index (κ3) is 5.14. The fraction of sp³-hybridized carbons (Fsp3) is 0.846. The highest BCUT2D eigenvalue weighted by molar-refractivity contribution is 5.88. The highest BCUT2D eigenvalue weighted by Crippen LogP contribution is 2.15. The second kappa shape index (κ2) is 6.29. The molecule has 0 aromatic rings. The maximum absolute atomic E-state index is 11.5. The van der Waals surface area contributed by atoms with Gasteiger partial charge in [0.25, 0.3) is 0 Å². The fourth-order valence-corrected chi connectivity index (χ4v) is 1.73. The van der Waals surface area contributed by atoms with E-state index in [2.05, 4.69) is 4.90 Å². The maximum atomic E-state index is 11.5. The first-order valence-electron chi connectivity index (χ1n) is 6.34. The van der Waals surface area contributed by atoms with Crippen LogP contribution in [0.1, 0.15) is 33.6 Å². The van der Waals surface area contributed by atoms with Crippen molar-refractivity contribution in [2.75, 3.05) is 26.7 Å². The van der Waals surface area contributed by atoms with E-state index in [-0.39, 0.29) is 12.7 Å². The summed E-state index contributed by atoms with van der Waals surface area (Å²) in [4.78, 5) is 25.1. The monoisotopic (exact) mass is 257 g/mol. The van der Waals surface area contributed by atoms with E-state index in [0.717, 1.165) is 25.9 Å². The molecule has 18 heavy (non-hydrogen) atoms. The molecule has 104 valence electrons. The average Bonchev–Trinajstić information content (AvgIpc) is 2.25. The molecule has 1 unspecified atom stereocenters. The van der Waals surface area contributed by atoms with Crippen molar-refractivity contribution in [2.45, 2.75) is 39.7 Å². The smallest absolute Gasteiger partial charge is 0.339 e. The minimum absolute atomic E-state index is 0.0565. The molecule has 0 aromatic heterocycles. The van der Waals surface area contributed by atoms with E-state index in [4.69, 9.17) is 9.47 Å². The van der Waals surface area contributed by atoms with Gasteiger partial charge in [0.15, 0.2) is 0 Å². The Morgan fingerprint density at radius 3 is 2.56 bits per heavy atom. The van der Waals surface area contributed by atoms with Gasteiger partial charge in [-0.05, 0) is 47.2 Å². The van der Waals surface area contributed by atoms with Crippen LogP contribution in [-0.4, -0.2) is 49.7 Å². The summed E-state index contributed by atoms with van der Waals surface area (Å²) in [5.41, 5.74) is -0.666. The number of esters is 2. The summed E-state index contributed by atoms with van der Waals surface area (Å²) < 4.78 is 10.2. The second-order valence-corrected chi connectivity index (χ2v) is 5.85. The molecule has 1 saturated heterocycles. The van der Waals surface area contributed by atoms with Gasteiger partial charge in [0.05, 0.1) is 11.5 Å². The summed E-state index contributed by atoms with van der Waals surface area (Å²) >= 11 is 0. The molecule has 5 nitrogen and oxygen atoms in total. The number of carbonyl (C=O) groups is 2. The highest BCUT2D eigenvalue weighted by atomic mass is 16.6. The van der Waals surface area contributed by atoms with Crippen LogP contribution in [0.3, 0.4) is 0 Å². The van der Waals surface area contributed by atoms with E-state index in [1.807, 2.05) is 7.05 Å². The quantitative estimate of drug-likeness (QED) is 0.562. The molecule has 0 radical (unpaired) electrons. The third-order valence-electron chi connectivity index (χ3n) is 2.84. The number of hydrogen-bond donors (Lipinski definition) is 0. The third-order valence-corrected chi connectivity index (χ3v) is 2.84. The lowest BCUT2D eigenvalue weighted by Crippen LogP contribution is -2.38. The fourth-order valence-electron chi connectivity index (χ4n) is 1.73. The number of rotatable bonds is 3. The molecule has 1 aliphatic rings. The Hall–Kier alpha value is -0.940. The lowest BCUT2D eigenvalue weighted by molar-refractivity contribution is -0.170. The molecule has 0 saturated carbocycles. The predicted molar refractivity (Wildman–Crippen MR) is 67.0 cm³/mol. The molecule has 1 heterocycles. The van der Waals surface area contributed by atoms with E-state index in [0.29, 0.717) is 0 Å². The van der Waals surface area contributed by atoms with Gasteiger partial charge in [0, 0.05) is 6.54 Å². The zero-order chi connectivity index (χ0) is 13.8. The maximum Gasteiger partial charge on any atom is 0.339 e. The minimum atomic E-state index is -0.666. The highest BCUT2D eigenvalue weighted by Gasteiger charge is 2.26. The van der Waals surface area contributed by atoms with Crippen LogP contribution < -0.4 is 0 Å². The lowest BCUT2D eigenvalue weighted by Gasteiger charge is -2.29. The first-order chi connectivity index (χ1) is 8.29. The van der Waals surface area contributed by atoms with Crippen molar-refractivity contribution in [3.8, 4) is 0 Å². The Bertz CT molecular complexity index is 309. The van der Waals surface area contributed by atoms with Crippen LogP contribution in [0, 0.1) is 5.41 Å². The molecule has 5 heteroatoms. The Morgan fingerprint density at radius 2 is 2.00 bits per heavy atom. The average molecular weight is 257 g/mol. The van der Waals surface area contributed by atoms with Gasteiger partial charge < -0.3 is 14.4 Å². The van der Waals surface area contributed by atoms with Crippen molar-refractivity contribution >= 4 is 11.9 Å². The van der Waals surface area contributed by atoms with E-state index in [9.17, 15) is 9.59 Å². The molecule has 1 fully saturated rings. The standard InChI is InChI=1S/C13H23NO4/c1-13(2,3)12(16)18-11(15)9-17-10-6-5-7-14(4)8-10/h10H,5-9H2,1-4H3. The Balaban J connectivity index is 2.27. The molecule has 0 aliphatic carbocycles. The van der Waals surface area contributed by atoms with Crippen LogP contribution in [0.25, 0.3) is 0 Å². The van der Waals surface area contributed by atoms with Gasteiger partial charge in [-0.15, -0.1) is 0 Å². The van der Waals surface area contributed by atoms with Crippen LogP contribution in [0.2, 0.25) is 0 Å². The molecule has 1 aliphatic heterocycles. The Morgan fingerprint density at radius 1 is 1.33 bits per heavy atom. The SMILES string of the molecule is CN1CCCC(OCC(=O)OC(=O)C(C)(C)C)C1. The Labute approximate surface area is 108 Å². The van der Waals surface area contributed by atoms with E-state index in [1.165, 1.54) is 0 Å². The molecule has 0 aromatic carbocycles. The Kier molecular flexibility index (Phi) is 5.28.